The number of aromatic hydroxyl groups is 1. The number of hydrogen-bond donors (Lipinski definition) is 2. The molecule has 2 aromatic heterocycles. The third kappa shape index (κ3) is 4.29. The van der Waals surface area contributed by atoms with Crippen LogP contribution in [0.3, 0.4) is 0 Å². The standard InChI is InChI=1S/C28H34N6O2.C2H4/c1-18-24(21-6-2-3-7-23(21)35)29-14-22-25(18)31-27(36-17-28-10-4-12-34(28)13-5-11-28)32-26(22)33-15-19-8-9-20(16-33)30-19;1-2/h2-3,6-7,14,19-20,30,35H,4-5,8-13,15-17H2,1H3;1-2H2. The summed E-state index contributed by atoms with van der Waals surface area (Å²) < 4.78 is 6.45. The first kappa shape index (κ1) is 25.1. The maximum atomic E-state index is 10.5. The van der Waals surface area contributed by atoms with E-state index in [2.05, 4.69) is 28.3 Å². The number of piperazine rings is 1. The van der Waals surface area contributed by atoms with Gasteiger partial charge in [0.25, 0.3) is 0 Å². The van der Waals surface area contributed by atoms with Crippen molar-refractivity contribution in [1.82, 2.24) is 25.2 Å². The van der Waals surface area contributed by atoms with Crippen LogP contribution in [0.4, 0.5) is 5.82 Å². The van der Waals surface area contributed by atoms with Gasteiger partial charge in [0.05, 0.1) is 22.1 Å². The minimum atomic E-state index is 0.140. The van der Waals surface area contributed by atoms with Crippen molar-refractivity contribution in [3.05, 3.63) is 49.2 Å². The highest BCUT2D eigenvalue weighted by Gasteiger charge is 2.45. The number of para-hydroxylation sites is 1. The van der Waals surface area contributed by atoms with Gasteiger partial charge in [-0.1, -0.05) is 12.1 Å². The average Bonchev–Trinajstić information content (AvgIpc) is 3.63. The Morgan fingerprint density at radius 3 is 2.50 bits per heavy atom. The fourth-order valence-electron chi connectivity index (χ4n) is 7.06. The number of nitrogens with one attached hydrogen (secondary N) is 1. The Labute approximate surface area is 224 Å². The van der Waals surface area contributed by atoms with Gasteiger partial charge in [-0.3, -0.25) is 9.88 Å². The Morgan fingerprint density at radius 2 is 1.79 bits per heavy atom. The summed E-state index contributed by atoms with van der Waals surface area (Å²) in [6.07, 6.45) is 9.16. The van der Waals surface area contributed by atoms with E-state index < -0.39 is 0 Å². The monoisotopic (exact) mass is 514 g/mol. The Balaban J connectivity index is 0.00000129. The smallest absolute Gasteiger partial charge is 0.319 e. The van der Waals surface area contributed by atoms with Crippen LogP contribution in [0, 0.1) is 6.92 Å². The summed E-state index contributed by atoms with van der Waals surface area (Å²) in [6.45, 7) is 12.9. The van der Waals surface area contributed by atoms with E-state index in [9.17, 15) is 5.11 Å². The van der Waals surface area contributed by atoms with Crippen molar-refractivity contribution < 1.29 is 9.84 Å². The number of hydrogen-bond acceptors (Lipinski definition) is 8. The van der Waals surface area contributed by atoms with Crippen molar-refractivity contribution in [2.75, 3.05) is 37.7 Å². The van der Waals surface area contributed by atoms with E-state index in [-0.39, 0.29) is 11.3 Å². The lowest BCUT2D eigenvalue weighted by Gasteiger charge is -2.34. The number of anilines is 1. The van der Waals surface area contributed by atoms with Gasteiger partial charge in [0, 0.05) is 42.5 Å². The molecule has 4 aliphatic heterocycles. The van der Waals surface area contributed by atoms with Gasteiger partial charge in [-0.15, -0.1) is 13.2 Å². The number of phenolic OH excluding ortho intramolecular Hbond substituents is 1. The highest BCUT2D eigenvalue weighted by atomic mass is 16.5. The molecule has 0 radical (unpaired) electrons. The molecule has 3 aromatic rings. The van der Waals surface area contributed by atoms with Crippen LogP contribution >= 0.6 is 0 Å². The molecule has 2 atom stereocenters. The van der Waals surface area contributed by atoms with Crippen molar-refractivity contribution in [2.45, 2.75) is 63.1 Å². The molecule has 8 nitrogen and oxygen atoms in total. The molecule has 2 N–H and O–H groups in total. The Morgan fingerprint density at radius 1 is 1.08 bits per heavy atom. The second-order valence-corrected chi connectivity index (χ2v) is 11.1. The van der Waals surface area contributed by atoms with Crippen molar-refractivity contribution >= 4 is 16.7 Å². The van der Waals surface area contributed by atoms with Crippen molar-refractivity contribution in [3.8, 4) is 23.0 Å². The first-order chi connectivity index (χ1) is 18.6. The molecule has 0 saturated carbocycles. The first-order valence-electron chi connectivity index (χ1n) is 13.9. The van der Waals surface area contributed by atoms with Gasteiger partial charge in [0.15, 0.2) is 0 Å². The maximum absolute atomic E-state index is 10.5. The molecule has 0 aliphatic carbocycles. The molecule has 0 amide bonds. The van der Waals surface area contributed by atoms with Crippen LogP contribution in [0.1, 0.15) is 44.1 Å². The van der Waals surface area contributed by atoms with E-state index in [1.807, 2.05) is 31.3 Å². The Kier molecular flexibility index (Phi) is 6.70. The highest BCUT2D eigenvalue weighted by Crippen LogP contribution is 2.40. The fraction of sp³-hybridized carbons (Fsp3) is 0.500. The van der Waals surface area contributed by atoms with E-state index in [1.165, 1.54) is 51.6 Å². The number of rotatable bonds is 5. The second-order valence-electron chi connectivity index (χ2n) is 11.1. The molecule has 0 spiro atoms. The van der Waals surface area contributed by atoms with E-state index >= 15 is 0 Å². The van der Waals surface area contributed by atoms with E-state index in [1.54, 1.807) is 6.07 Å². The minimum absolute atomic E-state index is 0.140. The summed E-state index contributed by atoms with van der Waals surface area (Å²) in [5.41, 5.74) is 3.38. The predicted octanol–water partition coefficient (Wildman–Crippen LogP) is 4.46. The van der Waals surface area contributed by atoms with Crippen LogP contribution in [0.15, 0.2) is 43.6 Å². The van der Waals surface area contributed by atoms with E-state index in [0.29, 0.717) is 30.3 Å². The van der Waals surface area contributed by atoms with Crippen molar-refractivity contribution in [2.24, 2.45) is 0 Å². The number of fused-ring (bicyclic) bond motifs is 4. The minimum Gasteiger partial charge on any atom is -0.507 e. The Hall–Kier alpha value is -3.23. The molecule has 4 fully saturated rings. The van der Waals surface area contributed by atoms with Crippen LogP contribution in [0.5, 0.6) is 11.8 Å². The summed E-state index contributed by atoms with van der Waals surface area (Å²) >= 11 is 0. The van der Waals surface area contributed by atoms with Crippen LogP contribution in [0.25, 0.3) is 22.2 Å². The number of pyridine rings is 1. The summed E-state index contributed by atoms with van der Waals surface area (Å²) in [6, 6.07) is 8.80. The highest BCUT2D eigenvalue weighted by molar-refractivity contribution is 5.94. The molecule has 1 aromatic carbocycles. The van der Waals surface area contributed by atoms with Crippen LogP contribution in [-0.2, 0) is 0 Å². The number of aromatic nitrogens is 3. The largest absolute Gasteiger partial charge is 0.507 e. The third-order valence-corrected chi connectivity index (χ3v) is 8.89. The molecule has 8 heteroatoms. The normalized spacial score (nSPS) is 23.8. The van der Waals surface area contributed by atoms with Gasteiger partial charge >= 0.3 is 6.01 Å². The second kappa shape index (κ2) is 10.2. The zero-order valence-electron chi connectivity index (χ0n) is 22.3. The van der Waals surface area contributed by atoms with Gasteiger partial charge in [0.1, 0.15) is 18.2 Å². The lowest BCUT2D eigenvalue weighted by atomic mass is 9.95. The molecular weight excluding hydrogens is 476 g/mol. The van der Waals surface area contributed by atoms with Gasteiger partial charge in [-0.05, 0) is 70.7 Å². The summed E-state index contributed by atoms with van der Waals surface area (Å²) in [5, 5.41) is 15.2. The average molecular weight is 515 g/mol. The quantitative estimate of drug-likeness (QED) is 0.483. The van der Waals surface area contributed by atoms with E-state index in [4.69, 9.17) is 19.7 Å². The summed E-state index contributed by atoms with van der Waals surface area (Å²) in [7, 11) is 0. The number of phenols is 1. The summed E-state index contributed by atoms with van der Waals surface area (Å²) in [5.74, 6) is 1.14. The lowest BCUT2D eigenvalue weighted by Crippen LogP contribution is -2.51. The number of nitrogens with zero attached hydrogens (tertiary/aromatic N) is 5. The van der Waals surface area contributed by atoms with Gasteiger partial charge in [0.2, 0.25) is 0 Å². The van der Waals surface area contributed by atoms with Gasteiger partial charge in [-0.25, -0.2) is 0 Å². The molecule has 7 rings (SSSR count). The predicted molar refractivity (Wildman–Crippen MR) is 151 cm³/mol. The molecule has 38 heavy (non-hydrogen) atoms. The number of ether oxygens (including phenoxy) is 1. The molecule has 6 heterocycles. The van der Waals surface area contributed by atoms with Crippen molar-refractivity contribution in [1.29, 1.82) is 0 Å². The van der Waals surface area contributed by atoms with Crippen LogP contribution in [-0.4, -0.2) is 75.4 Å². The number of aryl methyl sites for hydroxylation is 1. The van der Waals surface area contributed by atoms with E-state index in [0.717, 1.165) is 41.1 Å². The zero-order valence-corrected chi connectivity index (χ0v) is 22.3. The van der Waals surface area contributed by atoms with Crippen molar-refractivity contribution in [3.63, 3.8) is 0 Å². The topological polar surface area (TPSA) is 86.6 Å². The molecular formula is C30H38N6O2. The number of benzene rings is 1. The first-order valence-corrected chi connectivity index (χ1v) is 13.9. The third-order valence-electron chi connectivity index (χ3n) is 8.89. The Bertz CT molecular complexity index is 1310. The van der Waals surface area contributed by atoms with Crippen LogP contribution < -0.4 is 15.0 Å². The summed E-state index contributed by atoms with van der Waals surface area (Å²) in [4.78, 5) is 19.8. The lowest BCUT2D eigenvalue weighted by molar-refractivity contribution is 0.108. The van der Waals surface area contributed by atoms with Gasteiger partial charge in [-0.2, -0.15) is 9.97 Å². The van der Waals surface area contributed by atoms with Crippen LogP contribution in [0.2, 0.25) is 0 Å². The maximum Gasteiger partial charge on any atom is 0.319 e. The molecule has 200 valence electrons. The zero-order chi connectivity index (χ0) is 26.3. The van der Waals surface area contributed by atoms with Gasteiger partial charge < -0.3 is 20.1 Å². The molecule has 4 saturated heterocycles. The fourth-order valence-corrected chi connectivity index (χ4v) is 7.06. The molecule has 2 unspecified atom stereocenters. The molecule has 4 aliphatic rings. The SMILES string of the molecule is C=C.Cc1c(-c2ccccc2O)ncc2c(N3CC4CCC(C3)N4)nc(OCC34CCCN3CCC4)nc12. The molecule has 2 bridgehead atoms.